The topological polar surface area (TPSA) is 128 Å². The van der Waals surface area contributed by atoms with Crippen molar-refractivity contribution in [3.8, 4) is 0 Å². The van der Waals surface area contributed by atoms with E-state index in [0.29, 0.717) is 24.8 Å². The van der Waals surface area contributed by atoms with Gasteiger partial charge < -0.3 is 20.1 Å². The largest absolute Gasteiger partial charge is 0.447 e. The number of aromatic nitrogens is 1. The Labute approximate surface area is 227 Å². The van der Waals surface area contributed by atoms with Crippen LogP contribution in [0.5, 0.6) is 0 Å². The van der Waals surface area contributed by atoms with Crippen LogP contribution in [0.2, 0.25) is 0 Å². The number of oxazole rings is 1. The molecular formula is C28H34F2N4O4S. The molecule has 2 aromatic rings. The number of rotatable bonds is 9. The Morgan fingerprint density at radius 3 is 2.51 bits per heavy atom. The van der Waals surface area contributed by atoms with Gasteiger partial charge in [0.1, 0.15) is 23.7 Å². The maximum atomic E-state index is 14.4. The molecule has 0 saturated heterocycles. The molecule has 2 aliphatic rings. The fourth-order valence-electron chi connectivity index (χ4n) is 6.39. The molecule has 39 heavy (non-hydrogen) atoms. The second kappa shape index (κ2) is 10.1. The lowest BCUT2D eigenvalue weighted by Gasteiger charge is -2.44. The first-order valence-electron chi connectivity index (χ1n) is 12.9. The molecule has 2 saturated carbocycles. The maximum Gasteiger partial charge on any atom is 0.276 e. The Kier molecular flexibility index (Phi) is 7.44. The van der Waals surface area contributed by atoms with E-state index in [-0.39, 0.29) is 41.5 Å². The van der Waals surface area contributed by atoms with Crippen molar-refractivity contribution in [3.05, 3.63) is 64.9 Å². The van der Waals surface area contributed by atoms with Gasteiger partial charge in [0, 0.05) is 30.0 Å². The van der Waals surface area contributed by atoms with Gasteiger partial charge in [0.15, 0.2) is 15.5 Å². The summed E-state index contributed by atoms with van der Waals surface area (Å²) in [6.45, 7) is 8.02. The molecule has 0 spiro atoms. The van der Waals surface area contributed by atoms with Crippen LogP contribution in [0.1, 0.15) is 68.9 Å². The highest BCUT2D eigenvalue weighted by atomic mass is 32.2. The van der Waals surface area contributed by atoms with Crippen LogP contribution in [0.15, 0.2) is 40.5 Å². The third kappa shape index (κ3) is 4.85. The number of hydrogen-bond acceptors (Lipinski definition) is 7. The number of fused-ring (bicyclic) bond motifs is 2. The number of hydrogen-bond donors (Lipinski definition) is 2. The van der Waals surface area contributed by atoms with E-state index in [1.54, 1.807) is 4.90 Å². The SMILES string of the molecule is CC[C@]1(C)[C@H]2CC[C@]1(CN(C(=O)c1coc(CS(C)(=O)=O)n1)C(C)C)C(=N)/C2=C\C(=N)c1c(F)cccc1F. The van der Waals surface area contributed by atoms with E-state index in [9.17, 15) is 27.4 Å². The molecule has 1 heterocycles. The van der Waals surface area contributed by atoms with E-state index in [4.69, 9.17) is 9.83 Å². The smallest absolute Gasteiger partial charge is 0.276 e. The summed E-state index contributed by atoms with van der Waals surface area (Å²) in [5.41, 5.74) is -1.09. The molecule has 3 atom stereocenters. The highest BCUT2D eigenvalue weighted by Crippen LogP contribution is 2.67. The Morgan fingerprint density at radius 1 is 1.31 bits per heavy atom. The molecule has 210 valence electrons. The van der Waals surface area contributed by atoms with Gasteiger partial charge in [0.25, 0.3) is 5.91 Å². The van der Waals surface area contributed by atoms with Crippen molar-refractivity contribution >= 4 is 27.2 Å². The van der Waals surface area contributed by atoms with Gasteiger partial charge in [-0.3, -0.25) is 4.79 Å². The number of amides is 1. The van der Waals surface area contributed by atoms with Gasteiger partial charge in [0.05, 0.1) is 11.3 Å². The van der Waals surface area contributed by atoms with Crippen molar-refractivity contribution in [2.24, 2.45) is 16.7 Å². The number of carbonyl (C=O) groups is 1. The summed E-state index contributed by atoms with van der Waals surface area (Å²) < 4.78 is 57.3. The van der Waals surface area contributed by atoms with Crippen molar-refractivity contribution in [1.29, 1.82) is 10.8 Å². The Morgan fingerprint density at radius 2 is 1.95 bits per heavy atom. The van der Waals surface area contributed by atoms with Crippen molar-refractivity contribution < 1.29 is 26.4 Å². The van der Waals surface area contributed by atoms with Gasteiger partial charge in [-0.25, -0.2) is 22.2 Å². The summed E-state index contributed by atoms with van der Waals surface area (Å²) in [5, 5.41) is 17.7. The van der Waals surface area contributed by atoms with Gasteiger partial charge in [0.2, 0.25) is 5.89 Å². The van der Waals surface area contributed by atoms with E-state index in [2.05, 4.69) is 11.9 Å². The molecule has 2 fully saturated rings. The van der Waals surface area contributed by atoms with Gasteiger partial charge >= 0.3 is 0 Å². The predicted molar refractivity (Wildman–Crippen MR) is 144 cm³/mol. The van der Waals surface area contributed by atoms with Crippen LogP contribution in [-0.4, -0.2) is 54.5 Å². The molecule has 2 N–H and O–H groups in total. The zero-order valence-corrected chi connectivity index (χ0v) is 23.6. The standard InChI is InChI=1S/C28H34F2N4O4S/c1-6-27(4)18-10-11-28(27,25(32)17(18)12-21(31)24-19(29)8-7-9-20(24)30)15-34(16(2)3)26(35)22-13-38-23(33-22)14-39(5,36)37/h7-9,12-13,16,18,31-32H,6,10-11,14-15H2,1-5H3/b17-12-,31-21?,32-25?/t18-,27+,28-/m0/s1. The van der Waals surface area contributed by atoms with E-state index < -0.39 is 49.5 Å². The number of sulfone groups is 1. The molecule has 2 bridgehead atoms. The molecule has 1 amide bonds. The number of allylic oxidation sites excluding steroid dienone is 2. The van der Waals surface area contributed by atoms with Crippen LogP contribution in [0, 0.1) is 39.2 Å². The summed E-state index contributed by atoms with van der Waals surface area (Å²) in [6.07, 6.45) is 5.68. The second-order valence-electron chi connectivity index (χ2n) is 11.2. The molecule has 0 aliphatic heterocycles. The zero-order chi connectivity index (χ0) is 28.9. The summed E-state index contributed by atoms with van der Waals surface area (Å²) in [4.78, 5) is 19.3. The van der Waals surface area contributed by atoms with Crippen molar-refractivity contribution in [2.75, 3.05) is 12.8 Å². The summed E-state index contributed by atoms with van der Waals surface area (Å²) in [6, 6.07) is 3.18. The molecule has 1 aromatic heterocycles. The molecule has 2 aliphatic carbocycles. The number of halogens is 2. The van der Waals surface area contributed by atoms with Crippen LogP contribution in [0.25, 0.3) is 0 Å². The summed E-state index contributed by atoms with van der Waals surface area (Å²) in [7, 11) is -3.40. The van der Waals surface area contributed by atoms with E-state index in [1.165, 1.54) is 12.1 Å². The van der Waals surface area contributed by atoms with Gasteiger partial charge in [-0.2, -0.15) is 0 Å². The van der Waals surface area contributed by atoms with E-state index in [1.807, 2.05) is 20.8 Å². The lowest BCUT2D eigenvalue weighted by Crippen LogP contribution is -2.51. The Bertz CT molecular complexity index is 1460. The third-order valence-electron chi connectivity index (χ3n) is 8.61. The molecule has 0 unspecified atom stereocenters. The molecule has 8 nitrogen and oxygen atoms in total. The first-order valence-corrected chi connectivity index (χ1v) is 15.0. The zero-order valence-electron chi connectivity index (χ0n) is 22.8. The Balaban J connectivity index is 1.70. The average molecular weight is 561 g/mol. The minimum absolute atomic E-state index is 0.0106. The number of benzene rings is 1. The first-order chi connectivity index (χ1) is 18.1. The molecule has 0 radical (unpaired) electrons. The molecule has 11 heteroatoms. The van der Waals surface area contributed by atoms with Crippen molar-refractivity contribution in [1.82, 2.24) is 9.88 Å². The highest BCUT2D eigenvalue weighted by molar-refractivity contribution is 7.89. The van der Waals surface area contributed by atoms with E-state index in [0.717, 1.165) is 24.7 Å². The average Bonchev–Trinajstić information content (AvgIpc) is 3.45. The van der Waals surface area contributed by atoms with Gasteiger partial charge in [-0.15, -0.1) is 0 Å². The summed E-state index contributed by atoms with van der Waals surface area (Å²) >= 11 is 0. The van der Waals surface area contributed by atoms with Crippen LogP contribution in [0.3, 0.4) is 0 Å². The fourth-order valence-corrected chi connectivity index (χ4v) is 6.97. The van der Waals surface area contributed by atoms with Gasteiger partial charge in [-0.1, -0.05) is 19.9 Å². The fraction of sp³-hybridized carbons (Fsp3) is 0.500. The minimum Gasteiger partial charge on any atom is -0.447 e. The third-order valence-corrected chi connectivity index (χ3v) is 9.38. The monoisotopic (exact) mass is 560 g/mol. The van der Waals surface area contributed by atoms with Crippen LogP contribution in [-0.2, 0) is 15.6 Å². The maximum absolute atomic E-state index is 14.4. The van der Waals surface area contributed by atoms with E-state index >= 15 is 0 Å². The predicted octanol–water partition coefficient (Wildman–Crippen LogP) is 5.19. The number of carbonyl (C=O) groups excluding carboxylic acids is 1. The Hall–Kier alpha value is -3.21. The molecule has 4 rings (SSSR count). The lowest BCUT2D eigenvalue weighted by atomic mass is 9.65. The summed E-state index contributed by atoms with van der Waals surface area (Å²) in [5.74, 6) is -2.70. The molecule has 1 aromatic carbocycles. The number of nitrogens with one attached hydrogen (secondary N) is 2. The highest BCUT2D eigenvalue weighted by Gasteiger charge is 2.66. The second-order valence-corrected chi connectivity index (χ2v) is 13.3. The number of nitrogens with zero attached hydrogens (tertiary/aromatic N) is 2. The van der Waals surface area contributed by atoms with Crippen LogP contribution >= 0.6 is 0 Å². The van der Waals surface area contributed by atoms with Crippen LogP contribution in [0.4, 0.5) is 8.78 Å². The minimum atomic E-state index is -3.40. The lowest BCUT2D eigenvalue weighted by molar-refractivity contribution is 0.0492. The normalized spacial score (nSPS) is 25.6. The molecular weight excluding hydrogens is 526 g/mol. The quantitative estimate of drug-likeness (QED) is 0.408. The van der Waals surface area contributed by atoms with Crippen molar-refractivity contribution in [2.45, 2.75) is 58.8 Å². The first kappa shape index (κ1) is 28.8. The van der Waals surface area contributed by atoms with Crippen LogP contribution < -0.4 is 0 Å². The van der Waals surface area contributed by atoms with Gasteiger partial charge in [-0.05, 0) is 68.2 Å². The van der Waals surface area contributed by atoms with Crippen molar-refractivity contribution in [3.63, 3.8) is 0 Å².